The lowest BCUT2D eigenvalue weighted by Gasteiger charge is -2.38. The highest BCUT2D eigenvalue weighted by Gasteiger charge is 2.41. The number of rotatable bonds is 5. The summed E-state index contributed by atoms with van der Waals surface area (Å²) in [4.78, 5) is 0. The number of hydrogen-bond donors (Lipinski definition) is 1. The second-order valence-corrected chi connectivity index (χ2v) is 5.91. The van der Waals surface area contributed by atoms with E-state index in [9.17, 15) is 0 Å². The van der Waals surface area contributed by atoms with Gasteiger partial charge in [-0.05, 0) is 43.5 Å². The molecule has 2 aromatic rings. The van der Waals surface area contributed by atoms with Crippen molar-refractivity contribution >= 4 is 0 Å². The molecule has 3 rings (SSSR count). The smallest absolute Gasteiger partial charge is 0.0935 e. The largest absolute Gasteiger partial charge is 0.472 e. The van der Waals surface area contributed by atoms with Gasteiger partial charge in [0, 0.05) is 11.5 Å². The van der Waals surface area contributed by atoms with Gasteiger partial charge in [0.25, 0.3) is 0 Å². The molecule has 1 N–H and O–H groups in total. The normalized spacial score (nSPS) is 19.1. The molecule has 0 spiro atoms. The van der Waals surface area contributed by atoms with Crippen molar-refractivity contribution in [2.45, 2.75) is 43.6 Å². The molecule has 1 unspecified atom stereocenters. The van der Waals surface area contributed by atoms with Crippen molar-refractivity contribution in [3.05, 3.63) is 60.1 Å². The number of benzene rings is 1. The predicted octanol–water partition coefficient (Wildman–Crippen LogP) is 3.92. The molecule has 1 saturated carbocycles. The zero-order valence-corrected chi connectivity index (χ0v) is 12.1. The maximum atomic E-state index is 5.23. The van der Waals surface area contributed by atoms with Gasteiger partial charge in [-0.3, -0.25) is 0 Å². The first-order valence-electron chi connectivity index (χ1n) is 7.59. The van der Waals surface area contributed by atoms with Crippen molar-refractivity contribution in [3.63, 3.8) is 0 Å². The summed E-state index contributed by atoms with van der Waals surface area (Å²) < 4.78 is 5.23. The monoisotopic (exact) mass is 269 g/mol. The van der Waals surface area contributed by atoms with E-state index in [4.69, 9.17) is 4.42 Å². The van der Waals surface area contributed by atoms with Gasteiger partial charge < -0.3 is 9.73 Å². The van der Waals surface area contributed by atoms with E-state index in [-0.39, 0.29) is 5.41 Å². The maximum absolute atomic E-state index is 5.23. The Morgan fingerprint density at radius 3 is 2.50 bits per heavy atom. The number of furan rings is 1. The van der Waals surface area contributed by atoms with Crippen molar-refractivity contribution in [1.82, 2.24) is 5.32 Å². The van der Waals surface area contributed by atoms with Crippen LogP contribution in [0.3, 0.4) is 0 Å². The van der Waals surface area contributed by atoms with E-state index >= 15 is 0 Å². The fraction of sp³-hybridized carbons (Fsp3) is 0.444. The molecule has 0 radical (unpaired) electrons. The molecule has 1 aromatic carbocycles. The molecule has 0 bridgehead atoms. The topological polar surface area (TPSA) is 25.2 Å². The SMILES string of the molecule is CNC(Cc1ccoc1)C1(c2ccccc2)CCCC1. The fourth-order valence-corrected chi connectivity index (χ4v) is 3.83. The Balaban J connectivity index is 1.92. The molecule has 1 atom stereocenters. The van der Waals surface area contributed by atoms with Gasteiger partial charge in [0.1, 0.15) is 0 Å². The van der Waals surface area contributed by atoms with Crippen LogP contribution in [0.15, 0.2) is 53.3 Å². The van der Waals surface area contributed by atoms with Crippen LogP contribution in [-0.4, -0.2) is 13.1 Å². The summed E-state index contributed by atoms with van der Waals surface area (Å²) in [5, 5.41) is 3.58. The number of hydrogen-bond acceptors (Lipinski definition) is 2. The molecular formula is C18H23NO. The summed E-state index contributed by atoms with van der Waals surface area (Å²) >= 11 is 0. The summed E-state index contributed by atoms with van der Waals surface area (Å²) in [7, 11) is 2.09. The lowest BCUT2D eigenvalue weighted by molar-refractivity contribution is 0.307. The Hall–Kier alpha value is -1.54. The van der Waals surface area contributed by atoms with Gasteiger partial charge in [0.2, 0.25) is 0 Å². The van der Waals surface area contributed by atoms with E-state index in [1.54, 1.807) is 6.26 Å². The molecule has 2 nitrogen and oxygen atoms in total. The summed E-state index contributed by atoms with van der Waals surface area (Å²) in [6, 6.07) is 13.6. The summed E-state index contributed by atoms with van der Waals surface area (Å²) in [6.07, 6.45) is 9.89. The van der Waals surface area contributed by atoms with Crippen LogP contribution in [0.2, 0.25) is 0 Å². The van der Waals surface area contributed by atoms with Gasteiger partial charge in [-0.2, -0.15) is 0 Å². The van der Waals surface area contributed by atoms with Crippen molar-refractivity contribution in [2.75, 3.05) is 7.05 Å². The number of likely N-dealkylation sites (N-methyl/N-ethyl adjacent to an activating group) is 1. The van der Waals surface area contributed by atoms with Crippen LogP contribution in [0, 0.1) is 0 Å². The van der Waals surface area contributed by atoms with Crippen molar-refractivity contribution in [3.8, 4) is 0 Å². The molecule has 0 saturated heterocycles. The molecule has 0 amide bonds. The third kappa shape index (κ3) is 2.40. The zero-order valence-electron chi connectivity index (χ0n) is 12.1. The highest BCUT2D eigenvalue weighted by molar-refractivity contribution is 5.30. The van der Waals surface area contributed by atoms with E-state index in [1.807, 2.05) is 6.26 Å². The minimum absolute atomic E-state index is 0.271. The van der Waals surface area contributed by atoms with Crippen LogP contribution in [0.4, 0.5) is 0 Å². The van der Waals surface area contributed by atoms with E-state index in [0.717, 1.165) is 6.42 Å². The Bertz CT molecular complexity index is 512. The molecular weight excluding hydrogens is 246 g/mol. The summed E-state index contributed by atoms with van der Waals surface area (Å²) in [5.41, 5.74) is 3.04. The average Bonchev–Trinajstić information content (AvgIpc) is 3.18. The first-order valence-corrected chi connectivity index (χ1v) is 7.59. The lowest BCUT2D eigenvalue weighted by atomic mass is 9.71. The van der Waals surface area contributed by atoms with Gasteiger partial charge >= 0.3 is 0 Å². The molecule has 1 fully saturated rings. The third-order valence-electron chi connectivity index (χ3n) is 4.88. The Labute approximate surface area is 121 Å². The zero-order chi connectivity index (χ0) is 13.8. The minimum Gasteiger partial charge on any atom is -0.472 e. The minimum atomic E-state index is 0.271. The average molecular weight is 269 g/mol. The second kappa shape index (κ2) is 5.84. The molecule has 1 heterocycles. The van der Waals surface area contributed by atoms with Crippen LogP contribution in [0.25, 0.3) is 0 Å². The van der Waals surface area contributed by atoms with Crippen LogP contribution in [0.1, 0.15) is 36.8 Å². The lowest BCUT2D eigenvalue weighted by Crippen LogP contribution is -2.46. The Kier molecular flexibility index (Phi) is 3.93. The fourth-order valence-electron chi connectivity index (χ4n) is 3.83. The summed E-state index contributed by atoms with van der Waals surface area (Å²) in [6.45, 7) is 0. The van der Waals surface area contributed by atoms with Gasteiger partial charge in [-0.1, -0.05) is 43.2 Å². The third-order valence-corrected chi connectivity index (χ3v) is 4.88. The quantitative estimate of drug-likeness (QED) is 0.890. The van der Waals surface area contributed by atoms with Crippen LogP contribution in [-0.2, 0) is 11.8 Å². The first kappa shape index (κ1) is 13.4. The van der Waals surface area contributed by atoms with E-state index in [0.29, 0.717) is 6.04 Å². The van der Waals surface area contributed by atoms with Gasteiger partial charge in [0.05, 0.1) is 12.5 Å². The molecule has 0 aliphatic heterocycles. The molecule has 20 heavy (non-hydrogen) atoms. The highest BCUT2D eigenvalue weighted by Crippen LogP contribution is 2.44. The van der Waals surface area contributed by atoms with Crippen molar-refractivity contribution in [2.24, 2.45) is 0 Å². The Morgan fingerprint density at radius 2 is 1.90 bits per heavy atom. The molecule has 106 valence electrons. The van der Waals surface area contributed by atoms with E-state index < -0.39 is 0 Å². The van der Waals surface area contributed by atoms with Gasteiger partial charge in [-0.25, -0.2) is 0 Å². The van der Waals surface area contributed by atoms with Gasteiger partial charge in [-0.15, -0.1) is 0 Å². The van der Waals surface area contributed by atoms with E-state index in [2.05, 4.69) is 48.8 Å². The van der Waals surface area contributed by atoms with Crippen molar-refractivity contribution < 1.29 is 4.42 Å². The first-order chi connectivity index (χ1) is 9.85. The van der Waals surface area contributed by atoms with Crippen LogP contribution in [0.5, 0.6) is 0 Å². The Morgan fingerprint density at radius 1 is 1.15 bits per heavy atom. The molecule has 2 heteroatoms. The number of nitrogens with one attached hydrogen (secondary N) is 1. The van der Waals surface area contributed by atoms with Crippen LogP contribution < -0.4 is 5.32 Å². The standard InChI is InChI=1S/C18H23NO/c1-19-17(13-15-9-12-20-14-15)18(10-5-6-11-18)16-7-3-2-4-8-16/h2-4,7-9,12,14,17,19H,5-6,10-11,13H2,1H3. The maximum Gasteiger partial charge on any atom is 0.0935 e. The van der Waals surface area contributed by atoms with E-state index in [1.165, 1.54) is 36.8 Å². The molecule has 1 aliphatic carbocycles. The second-order valence-electron chi connectivity index (χ2n) is 5.91. The summed E-state index contributed by atoms with van der Waals surface area (Å²) in [5.74, 6) is 0. The molecule has 1 aromatic heterocycles. The van der Waals surface area contributed by atoms with Crippen LogP contribution >= 0.6 is 0 Å². The predicted molar refractivity (Wildman–Crippen MR) is 81.8 cm³/mol. The van der Waals surface area contributed by atoms with Crippen molar-refractivity contribution in [1.29, 1.82) is 0 Å². The molecule has 1 aliphatic rings. The highest BCUT2D eigenvalue weighted by atomic mass is 16.3. The van der Waals surface area contributed by atoms with Gasteiger partial charge in [0.15, 0.2) is 0 Å².